The highest BCUT2D eigenvalue weighted by Gasteiger charge is 2.36. The van der Waals surface area contributed by atoms with Crippen molar-refractivity contribution in [2.75, 3.05) is 13.1 Å². The van der Waals surface area contributed by atoms with Crippen molar-refractivity contribution in [1.82, 2.24) is 25.0 Å². The first kappa shape index (κ1) is 17.2. The third-order valence-electron chi connectivity index (χ3n) is 5.46. The Morgan fingerprint density at radius 1 is 1.23 bits per heavy atom. The first-order valence-corrected chi connectivity index (χ1v) is 9.29. The van der Waals surface area contributed by atoms with Crippen LogP contribution in [0.5, 0.6) is 0 Å². The first-order chi connectivity index (χ1) is 12.6. The Kier molecular flexibility index (Phi) is 4.74. The lowest BCUT2D eigenvalue weighted by Crippen LogP contribution is -2.48. The number of hydrogen-bond donors (Lipinski definition) is 2. The zero-order valence-electron chi connectivity index (χ0n) is 15.0. The minimum Gasteiger partial charge on any atom is -0.392 e. The third kappa shape index (κ3) is 3.50. The number of aliphatic hydroxyl groups excluding tert-OH is 1. The van der Waals surface area contributed by atoms with E-state index < -0.39 is 0 Å². The number of carbonyl (C=O) groups excluding carboxylic acids is 1. The molecule has 0 bridgehead atoms. The molecule has 2 fully saturated rings. The second kappa shape index (κ2) is 7.17. The zero-order valence-corrected chi connectivity index (χ0v) is 15.0. The molecular formula is C19H25N5O2. The molecule has 26 heavy (non-hydrogen) atoms. The molecule has 3 atom stereocenters. The quantitative estimate of drug-likeness (QED) is 0.861. The molecule has 1 saturated carbocycles. The van der Waals surface area contributed by atoms with Crippen LogP contribution in [0.2, 0.25) is 0 Å². The van der Waals surface area contributed by atoms with Crippen molar-refractivity contribution in [2.24, 2.45) is 7.05 Å². The topological polar surface area (TPSA) is 83.3 Å². The van der Waals surface area contributed by atoms with Crippen molar-refractivity contribution in [3.8, 4) is 11.4 Å². The minimum atomic E-state index is -0.222. The normalized spacial score (nSPS) is 26.3. The van der Waals surface area contributed by atoms with Crippen LogP contribution in [0.4, 0.5) is 0 Å². The molecule has 2 N–H and O–H groups in total. The molecule has 1 saturated heterocycles. The summed E-state index contributed by atoms with van der Waals surface area (Å²) in [7, 11) is 1.83. The summed E-state index contributed by atoms with van der Waals surface area (Å²) in [5.41, 5.74) is 1.55. The Balaban J connectivity index is 1.41. The summed E-state index contributed by atoms with van der Waals surface area (Å²) in [6.45, 7) is 1.65. The number of aliphatic hydroxyl groups is 1. The van der Waals surface area contributed by atoms with E-state index in [1.807, 2.05) is 31.3 Å². The van der Waals surface area contributed by atoms with Gasteiger partial charge in [-0.25, -0.2) is 4.98 Å². The standard InChI is InChI=1S/C19H25N5O2/c1-23-12-20-18(22-23)13-5-7-14(8-6-13)19(26)21-16-3-2-4-17(16)24-10-9-15(25)11-24/h5-8,12,15-17,25H,2-4,9-11H2,1H3,(H,21,26)/t15?,16-,17+/m1/s1. The lowest BCUT2D eigenvalue weighted by Gasteiger charge is -2.29. The van der Waals surface area contributed by atoms with Crippen molar-refractivity contribution in [1.29, 1.82) is 0 Å². The smallest absolute Gasteiger partial charge is 0.251 e. The number of benzene rings is 1. The molecule has 1 aliphatic carbocycles. The van der Waals surface area contributed by atoms with E-state index >= 15 is 0 Å². The van der Waals surface area contributed by atoms with Crippen molar-refractivity contribution >= 4 is 5.91 Å². The number of aromatic nitrogens is 3. The summed E-state index contributed by atoms with van der Waals surface area (Å²) in [5.74, 6) is 0.616. The lowest BCUT2D eigenvalue weighted by molar-refractivity contribution is 0.0906. The van der Waals surface area contributed by atoms with Gasteiger partial charge in [-0.2, -0.15) is 5.10 Å². The van der Waals surface area contributed by atoms with E-state index in [4.69, 9.17) is 0 Å². The summed E-state index contributed by atoms with van der Waals surface area (Å²) in [4.78, 5) is 19.2. The number of likely N-dealkylation sites (tertiary alicyclic amines) is 1. The molecule has 2 heterocycles. The van der Waals surface area contributed by atoms with Crippen LogP contribution in [0.25, 0.3) is 11.4 Å². The van der Waals surface area contributed by atoms with Gasteiger partial charge in [0.25, 0.3) is 5.91 Å². The Hall–Kier alpha value is -2.25. The fourth-order valence-corrected chi connectivity index (χ4v) is 4.11. The first-order valence-electron chi connectivity index (χ1n) is 9.29. The maximum atomic E-state index is 12.7. The number of amides is 1. The molecule has 1 aromatic carbocycles. The van der Waals surface area contributed by atoms with Gasteiger partial charge in [0.1, 0.15) is 6.33 Å². The van der Waals surface area contributed by atoms with E-state index in [1.165, 1.54) is 0 Å². The predicted molar refractivity (Wildman–Crippen MR) is 97.5 cm³/mol. The van der Waals surface area contributed by atoms with Crippen LogP contribution in [0.1, 0.15) is 36.0 Å². The van der Waals surface area contributed by atoms with Crippen LogP contribution in [-0.4, -0.2) is 62.0 Å². The molecule has 138 valence electrons. The summed E-state index contributed by atoms with van der Waals surface area (Å²) >= 11 is 0. The largest absolute Gasteiger partial charge is 0.392 e. The third-order valence-corrected chi connectivity index (χ3v) is 5.46. The predicted octanol–water partition coefficient (Wildman–Crippen LogP) is 1.20. The summed E-state index contributed by atoms with van der Waals surface area (Å²) in [5, 5.41) is 17.3. The second-order valence-electron chi connectivity index (χ2n) is 7.33. The van der Waals surface area contributed by atoms with Crippen molar-refractivity contribution in [3.63, 3.8) is 0 Å². The van der Waals surface area contributed by atoms with Gasteiger partial charge in [0.15, 0.2) is 5.82 Å². The average Bonchev–Trinajstić information content (AvgIpc) is 3.36. The van der Waals surface area contributed by atoms with Crippen LogP contribution in [0.3, 0.4) is 0 Å². The molecule has 4 rings (SSSR count). The van der Waals surface area contributed by atoms with Crippen LogP contribution in [0, 0.1) is 0 Å². The molecule has 7 heteroatoms. The van der Waals surface area contributed by atoms with Gasteiger partial charge >= 0.3 is 0 Å². The SMILES string of the molecule is Cn1cnc(-c2ccc(C(=O)N[C@@H]3CCC[C@@H]3N3CCC(O)C3)cc2)n1. The molecule has 7 nitrogen and oxygen atoms in total. The van der Waals surface area contributed by atoms with Crippen molar-refractivity contribution in [2.45, 2.75) is 43.9 Å². The Labute approximate surface area is 153 Å². The summed E-state index contributed by atoms with van der Waals surface area (Å²) in [6, 6.07) is 7.91. The molecule has 2 aliphatic rings. The monoisotopic (exact) mass is 355 g/mol. The molecule has 1 unspecified atom stereocenters. The van der Waals surface area contributed by atoms with E-state index in [0.717, 1.165) is 44.3 Å². The number of β-amino-alcohol motifs (C(OH)–C–C–N with tert-alkyl or cyclic N) is 1. The molecule has 1 aliphatic heterocycles. The Morgan fingerprint density at radius 2 is 2.04 bits per heavy atom. The number of carbonyl (C=O) groups is 1. The number of rotatable bonds is 4. The Bertz CT molecular complexity index is 772. The van der Waals surface area contributed by atoms with E-state index in [9.17, 15) is 9.90 Å². The molecule has 1 aromatic heterocycles. The van der Waals surface area contributed by atoms with Gasteiger partial charge in [-0.3, -0.25) is 14.4 Å². The van der Waals surface area contributed by atoms with Gasteiger partial charge in [-0.05, 0) is 37.8 Å². The fraction of sp³-hybridized carbons (Fsp3) is 0.526. The summed E-state index contributed by atoms with van der Waals surface area (Å²) < 4.78 is 1.66. The highest BCUT2D eigenvalue weighted by molar-refractivity contribution is 5.94. The number of hydrogen-bond acceptors (Lipinski definition) is 5. The second-order valence-corrected chi connectivity index (χ2v) is 7.33. The number of nitrogens with one attached hydrogen (secondary N) is 1. The number of nitrogens with zero attached hydrogens (tertiary/aromatic N) is 4. The highest BCUT2D eigenvalue weighted by Crippen LogP contribution is 2.27. The van der Waals surface area contributed by atoms with Crippen LogP contribution >= 0.6 is 0 Å². The highest BCUT2D eigenvalue weighted by atomic mass is 16.3. The maximum Gasteiger partial charge on any atom is 0.251 e. The minimum absolute atomic E-state index is 0.0397. The van der Waals surface area contributed by atoms with Crippen LogP contribution < -0.4 is 5.32 Å². The van der Waals surface area contributed by atoms with E-state index in [2.05, 4.69) is 20.3 Å². The average molecular weight is 355 g/mol. The van der Waals surface area contributed by atoms with Gasteiger partial charge in [0, 0.05) is 43.3 Å². The Morgan fingerprint density at radius 3 is 2.69 bits per heavy atom. The zero-order chi connectivity index (χ0) is 18.1. The van der Waals surface area contributed by atoms with Gasteiger partial charge < -0.3 is 10.4 Å². The van der Waals surface area contributed by atoms with Crippen molar-refractivity contribution < 1.29 is 9.90 Å². The maximum absolute atomic E-state index is 12.7. The van der Waals surface area contributed by atoms with Gasteiger partial charge in [0.05, 0.1) is 6.10 Å². The fourth-order valence-electron chi connectivity index (χ4n) is 4.11. The van der Waals surface area contributed by atoms with E-state index in [1.54, 1.807) is 11.0 Å². The van der Waals surface area contributed by atoms with Gasteiger partial charge in [-0.1, -0.05) is 12.1 Å². The number of aryl methyl sites for hydroxylation is 1. The van der Waals surface area contributed by atoms with Crippen LogP contribution in [-0.2, 0) is 7.05 Å². The van der Waals surface area contributed by atoms with Gasteiger partial charge in [0.2, 0.25) is 0 Å². The van der Waals surface area contributed by atoms with E-state index in [-0.39, 0.29) is 18.1 Å². The lowest BCUT2D eigenvalue weighted by atomic mass is 10.1. The molecule has 0 spiro atoms. The molecule has 1 amide bonds. The summed E-state index contributed by atoms with van der Waals surface area (Å²) in [6.07, 6.45) is 5.47. The molecule has 0 radical (unpaired) electrons. The van der Waals surface area contributed by atoms with E-state index in [0.29, 0.717) is 17.4 Å². The molecular weight excluding hydrogens is 330 g/mol. The van der Waals surface area contributed by atoms with Crippen LogP contribution in [0.15, 0.2) is 30.6 Å². The van der Waals surface area contributed by atoms with Crippen molar-refractivity contribution in [3.05, 3.63) is 36.2 Å². The molecule has 2 aromatic rings. The van der Waals surface area contributed by atoms with Gasteiger partial charge in [-0.15, -0.1) is 0 Å².